The molecule has 0 saturated heterocycles. The second kappa shape index (κ2) is 11.3. The van der Waals surface area contributed by atoms with E-state index >= 15 is 4.39 Å². The average molecular weight is 581 g/mol. The lowest BCUT2D eigenvalue weighted by atomic mass is 9.97. The zero-order valence-electron chi connectivity index (χ0n) is 24.5. The first-order valence-electron chi connectivity index (χ1n) is 14.1. The summed E-state index contributed by atoms with van der Waals surface area (Å²) in [6.07, 6.45) is 7.90. The van der Waals surface area contributed by atoms with Crippen LogP contribution >= 0.6 is 0 Å². The summed E-state index contributed by atoms with van der Waals surface area (Å²) < 4.78 is 24.5. The number of ether oxygens (including phenoxy) is 1. The van der Waals surface area contributed by atoms with Crippen LogP contribution in [0.25, 0.3) is 22.5 Å². The lowest BCUT2D eigenvalue weighted by Gasteiger charge is -2.19. The van der Waals surface area contributed by atoms with Gasteiger partial charge in [-0.2, -0.15) is 10.2 Å². The van der Waals surface area contributed by atoms with E-state index < -0.39 is 11.8 Å². The highest BCUT2D eigenvalue weighted by Gasteiger charge is 2.22. The van der Waals surface area contributed by atoms with Gasteiger partial charge in [-0.25, -0.2) is 9.18 Å². The van der Waals surface area contributed by atoms with Crippen molar-refractivity contribution in [3.63, 3.8) is 0 Å². The van der Waals surface area contributed by atoms with Gasteiger partial charge in [0, 0.05) is 55.4 Å². The van der Waals surface area contributed by atoms with E-state index in [-0.39, 0.29) is 17.0 Å². The average Bonchev–Trinajstić information content (AvgIpc) is 3.61. The smallest absolute Gasteiger partial charge is 0.323 e. The van der Waals surface area contributed by atoms with E-state index in [0.717, 1.165) is 30.6 Å². The van der Waals surface area contributed by atoms with E-state index in [2.05, 4.69) is 38.2 Å². The molecule has 0 bridgehead atoms. The first kappa shape index (κ1) is 28.1. The van der Waals surface area contributed by atoms with Gasteiger partial charge in [0.2, 0.25) is 0 Å². The number of fused-ring (bicyclic) bond motifs is 1. The number of carbonyl (C=O) groups excluding carboxylic acids is 1. The van der Waals surface area contributed by atoms with Gasteiger partial charge in [-0.1, -0.05) is 12.1 Å². The minimum Gasteiger partial charge on any atom is -0.457 e. The Bertz CT molecular complexity index is 1800. The maximum atomic E-state index is 15.1. The van der Waals surface area contributed by atoms with Gasteiger partial charge >= 0.3 is 6.03 Å². The number of benzene rings is 2. The molecule has 220 valence electrons. The number of aromatic nitrogens is 5. The minimum absolute atomic E-state index is 0.0154. The minimum atomic E-state index is -0.636. The molecule has 2 amide bonds. The quantitative estimate of drug-likeness (QED) is 0.217. The number of hydrogen-bond acceptors (Lipinski definition) is 6. The first-order valence-corrected chi connectivity index (χ1v) is 14.1. The van der Waals surface area contributed by atoms with E-state index in [4.69, 9.17) is 9.84 Å². The molecule has 43 heavy (non-hydrogen) atoms. The number of hydrogen-bond donors (Lipinski definition) is 3. The number of halogens is 1. The number of amides is 2. The van der Waals surface area contributed by atoms with E-state index in [1.807, 2.05) is 44.8 Å². The summed E-state index contributed by atoms with van der Waals surface area (Å²) in [5, 5.41) is 17.9. The first-order chi connectivity index (χ1) is 20.6. The predicted molar refractivity (Wildman–Crippen MR) is 164 cm³/mol. The molecule has 3 aromatic heterocycles. The van der Waals surface area contributed by atoms with Gasteiger partial charge in [-0.15, -0.1) is 0 Å². The molecule has 5 aromatic rings. The Hall–Kier alpha value is -5.03. The van der Waals surface area contributed by atoms with E-state index in [9.17, 15) is 4.79 Å². The maximum absolute atomic E-state index is 15.1. The highest BCUT2D eigenvalue weighted by atomic mass is 19.1. The Morgan fingerprint density at radius 1 is 0.977 bits per heavy atom. The molecule has 4 heterocycles. The summed E-state index contributed by atoms with van der Waals surface area (Å²) in [5.41, 5.74) is 5.85. The molecule has 0 spiro atoms. The molecule has 1 aliphatic rings. The van der Waals surface area contributed by atoms with E-state index in [1.54, 1.807) is 41.5 Å². The lowest BCUT2D eigenvalue weighted by molar-refractivity contribution is 0.262. The van der Waals surface area contributed by atoms with Crippen LogP contribution < -0.4 is 20.7 Å². The van der Waals surface area contributed by atoms with Crippen molar-refractivity contribution in [2.24, 2.45) is 7.05 Å². The molecule has 2 aromatic carbocycles. The fourth-order valence-corrected chi connectivity index (χ4v) is 4.91. The Morgan fingerprint density at radius 2 is 1.79 bits per heavy atom. The molecule has 0 radical (unpaired) electrons. The third-order valence-electron chi connectivity index (χ3n) is 7.17. The van der Waals surface area contributed by atoms with Crippen LogP contribution in [0.4, 0.5) is 20.6 Å². The van der Waals surface area contributed by atoms with Gasteiger partial charge in [0.05, 0.1) is 28.8 Å². The highest BCUT2D eigenvalue weighted by Crippen LogP contribution is 2.32. The van der Waals surface area contributed by atoms with Gasteiger partial charge in [0.15, 0.2) is 0 Å². The van der Waals surface area contributed by atoms with E-state index in [0.29, 0.717) is 22.8 Å². The summed E-state index contributed by atoms with van der Waals surface area (Å²) in [6, 6.07) is 13.4. The summed E-state index contributed by atoms with van der Waals surface area (Å²) in [7, 11) is 1.83. The van der Waals surface area contributed by atoms with Crippen LogP contribution in [0, 0.1) is 5.82 Å². The monoisotopic (exact) mass is 580 g/mol. The lowest BCUT2D eigenvalue weighted by Crippen LogP contribution is -2.23. The molecule has 6 rings (SSSR count). The number of nitrogens with one attached hydrogen (secondary N) is 3. The Morgan fingerprint density at radius 3 is 2.56 bits per heavy atom. The third kappa shape index (κ3) is 6.26. The Kier molecular flexibility index (Phi) is 7.41. The SMILES string of the molecule is Cn1cc(-c2cc(Oc3ccc(NC(=O)Nc4cn(C(C)(C)C)nc4-c4ccc5c(c4)CCNC5)c(F)c3)ccn2)cn1. The molecule has 0 unspecified atom stereocenters. The van der Waals surface area contributed by atoms with Crippen LogP contribution in [0.2, 0.25) is 0 Å². The number of carbonyl (C=O) groups is 1. The number of nitrogens with zero attached hydrogens (tertiary/aromatic N) is 5. The summed E-state index contributed by atoms with van der Waals surface area (Å²) in [4.78, 5) is 17.4. The highest BCUT2D eigenvalue weighted by molar-refractivity contribution is 6.02. The number of rotatable bonds is 6. The number of pyridine rings is 1. The van der Waals surface area contributed by atoms with Crippen molar-refractivity contribution in [1.29, 1.82) is 0 Å². The van der Waals surface area contributed by atoms with Crippen molar-refractivity contribution in [3.05, 3.63) is 90.3 Å². The van der Waals surface area contributed by atoms with Crippen LogP contribution in [-0.4, -0.2) is 37.1 Å². The van der Waals surface area contributed by atoms with Crippen LogP contribution in [0.3, 0.4) is 0 Å². The number of aryl methyl sites for hydroxylation is 1. The van der Waals surface area contributed by atoms with Gasteiger partial charge in [0.25, 0.3) is 0 Å². The fraction of sp³-hybridized carbons (Fsp3) is 0.250. The maximum Gasteiger partial charge on any atom is 0.323 e. The summed E-state index contributed by atoms with van der Waals surface area (Å²) in [6.45, 7) is 7.87. The topological polar surface area (TPSA) is 111 Å². The van der Waals surface area contributed by atoms with Gasteiger partial charge < -0.3 is 20.7 Å². The largest absolute Gasteiger partial charge is 0.457 e. The predicted octanol–water partition coefficient (Wildman–Crippen LogP) is 6.32. The normalized spacial score (nSPS) is 13.0. The van der Waals surface area contributed by atoms with Gasteiger partial charge in [0.1, 0.15) is 23.0 Å². The third-order valence-corrected chi connectivity index (χ3v) is 7.17. The van der Waals surface area contributed by atoms with Crippen LogP contribution in [0.15, 0.2) is 73.3 Å². The van der Waals surface area contributed by atoms with Gasteiger partial charge in [-0.05, 0) is 69.1 Å². The zero-order valence-corrected chi connectivity index (χ0v) is 24.5. The Balaban J connectivity index is 1.18. The molecule has 1 aliphatic heterocycles. The molecule has 11 heteroatoms. The summed E-state index contributed by atoms with van der Waals surface area (Å²) >= 11 is 0. The standard InChI is InChI=1S/C32H33FN8O2/c1-32(2,3)41-19-29(30(39-41)21-5-6-22-16-34-11-9-20(22)13-21)38-31(42)37-27-8-7-24(14-26(27)33)43-25-10-12-35-28(15-25)23-17-36-40(4)18-23/h5-8,10,12-15,17-19,34H,9,11,16H2,1-4H3,(H2,37,38,42). The van der Waals surface area contributed by atoms with E-state index in [1.165, 1.54) is 23.3 Å². The second-order valence-electron chi connectivity index (χ2n) is 11.5. The fourth-order valence-electron chi connectivity index (χ4n) is 4.91. The van der Waals surface area contributed by atoms with Crippen LogP contribution in [0.1, 0.15) is 31.9 Å². The second-order valence-corrected chi connectivity index (χ2v) is 11.5. The summed E-state index contributed by atoms with van der Waals surface area (Å²) in [5.74, 6) is 0.139. The molecule has 3 N–H and O–H groups in total. The Labute approximate surface area is 248 Å². The van der Waals surface area contributed by atoms with Crippen molar-refractivity contribution < 1.29 is 13.9 Å². The van der Waals surface area contributed by atoms with Gasteiger partial charge in [-0.3, -0.25) is 14.3 Å². The van der Waals surface area contributed by atoms with Crippen LogP contribution in [-0.2, 0) is 25.6 Å². The molecular formula is C32H33FN8O2. The van der Waals surface area contributed by atoms with Crippen molar-refractivity contribution >= 4 is 17.4 Å². The van der Waals surface area contributed by atoms with Crippen molar-refractivity contribution in [2.75, 3.05) is 17.2 Å². The molecule has 0 saturated carbocycles. The number of anilines is 2. The number of urea groups is 1. The molecule has 0 aliphatic carbocycles. The van der Waals surface area contributed by atoms with Crippen LogP contribution in [0.5, 0.6) is 11.5 Å². The zero-order chi connectivity index (χ0) is 30.1. The molecule has 0 fully saturated rings. The molecule has 0 atom stereocenters. The van der Waals surface area contributed by atoms with Crippen molar-refractivity contribution in [1.82, 2.24) is 29.9 Å². The van der Waals surface area contributed by atoms with Crippen molar-refractivity contribution in [2.45, 2.75) is 39.3 Å². The molecule has 10 nitrogen and oxygen atoms in total. The van der Waals surface area contributed by atoms with Crippen molar-refractivity contribution in [3.8, 4) is 34.0 Å². The molecular weight excluding hydrogens is 547 g/mol.